The predicted molar refractivity (Wildman–Crippen MR) is 118 cm³/mol. The number of hydrogen-bond donors (Lipinski definition) is 1. The second-order valence-electron chi connectivity index (χ2n) is 8.63. The van der Waals surface area contributed by atoms with Gasteiger partial charge in [0.05, 0.1) is 17.7 Å². The predicted octanol–water partition coefficient (Wildman–Crippen LogP) is 2.58. The summed E-state index contributed by atoms with van der Waals surface area (Å²) in [6.45, 7) is 3.57. The third-order valence-electron chi connectivity index (χ3n) is 6.50. The van der Waals surface area contributed by atoms with Gasteiger partial charge >= 0.3 is 12.1 Å². The molecule has 2 aliphatic heterocycles. The van der Waals surface area contributed by atoms with E-state index in [0.29, 0.717) is 31.5 Å². The molecule has 0 spiro atoms. The summed E-state index contributed by atoms with van der Waals surface area (Å²) < 4.78 is 44.1. The Balaban J connectivity index is 1.86. The summed E-state index contributed by atoms with van der Waals surface area (Å²) in [6, 6.07) is 4.31. The number of rotatable bonds is 6. The lowest BCUT2D eigenvalue weighted by Crippen LogP contribution is -2.48. The van der Waals surface area contributed by atoms with Crippen molar-refractivity contribution >= 4 is 23.7 Å². The summed E-state index contributed by atoms with van der Waals surface area (Å²) in [5.41, 5.74) is 5.22. The standard InChI is InChI=1S/C24H28F3N3O5/c1-3-35-23(34)21-14(2)30(13-20(32)29-10-8-16(9-11-29)22(28)33)19(31)12-18(21)15-4-6-17(7-5-15)24(25,26)27/h4-7,16,18H,3,8-13H2,1-2H3,(H2,28,33). The van der Waals surface area contributed by atoms with E-state index in [-0.39, 0.29) is 42.7 Å². The summed E-state index contributed by atoms with van der Waals surface area (Å²) in [6.07, 6.45) is -3.84. The first kappa shape index (κ1) is 26.2. The molecular weight excluding hydrogens is 467 g/mol. The van der Waals surface area contributed by atoms with E-state index < -0.39 is 35.4 Å². The summed E-state index contributed by atoms with van der Waals surface area (Å²) >= 11 is 0. The fourth-order valence-corrected chi connectivity index (χ4v) is 4.51. The molecule has 2 heterocycles. The van der Waals surface area contributed by atoms with Gasteiger partial charge in [-0.25, -0.2) is 4.79 Å². The first-order valence-electron chi connectivity index (χ1n) is 11.4. The third kappa shape index (κ3) is 5.83. The number of hydrogen-bond acceptors (Lipinski definition) is 5. The van der Waals surface area contributed by atoms with Crippen LogP contribution < -0.4 is 5.73 Å². The van der Waals surface area contributed by atoms with Crippen molar-refractivity contribution in [3.63, 3.8) is 0 Å². The molecule has 3 amide bonds. The third-order valence-corrected chi connectivity index (χ3v) is 6.50. The molecule has 35 heavy (non-hydrogen) atoms. The molecule has 3 rings (SSSR count). The first-order valence-corrected chi connectivity index (χ1v) is 11.4. The average molecular weight is 495 g/mol. The van der Waals surface area contributed by atoms with Crippen LogP contribution in [0.3, 0.4) is 0 Å². The van der Waals surface area contributed by atoms with Crippen molar-refractivity contribution in [2.24, 2.45) is 11.7 Å². The van der Waals surface area contributed by atoms with Crippen molar-refractivity contribution in [1.82, 2.24) is 9.80 Å². The molecule has 1 unspecified atom stereocenters. The summed E-state index contributed by atoms with van der Waals surface area (Å²) in [7, 11) is 0. The number of carbonyl (C=O) groups is 4. The Morgan fingerprint density at radius 3 is 2.23 bits per heavy atom. The molecule has 1 saturated heterocycles. The zero-order chi connectivity index (χ0) is 25.9. The maximum Gasteiger partial charge on any atom is 0.416 e. The van der Waals surface area contributed by atoms with Crippen LogP contribution in [0.2, 0.25) is 0 Å². The number of amides is 3. The van der Waals surface area contributed by atoms with Gasteiger partial charge in [0.15, 0.2) is 0 Å². The largest absolute Gasteiger partial charge is 0.463 e. The lowest BCUT2D eigenvalue weighted by Gasteiger charge is -2.36. The highest BCUT2D eigenvalue weighted by atomic mass is 19.4. The van der Waals surface area contributed by atoms with Crippen molar-refractivity contribution in [2.45, 2.75) is 45.2 Å². The van der Waals surface area contributed by atoms with E-state index in [2.05, 4.69) is 0 Å². The molecule has 190 valence electrons. The average Bonchev–Trinajstić information content (AvgIpc) is 2.81. The number of piperidine rings is 1. The molecule has 2 N–H and O–H groups in total. The maximum absolute atomic E-state index is 13.0. The molecule has 0 bridgehead atoms. The van der Waals surface area contributed by atoms with E-state index in [9.17, 15) is 32.3 Å². The fourth-order valence-electron chi connectivity index (χ4n) is 4.51. The van der Waals surface area contributed by atoms with Crippen LogP contribution in [0.5, 0.6) is 0 Å². The zero-order valence-corrected chi connectivity index (χ0v) is 19.6. The maximum atomic E-state index is 13.0. The van der Waals surface area contributed by atoms with E-state index in [4.69, 9.17) is 10.5 Å². The Bertz CT molecular complexity index is 1030. The van der Waals surface area contributed by atoms with E-state index >= 15 is 0 Å². The lowest BCUT2D eigenvalue weighted by atomic mass is 9.83. The van der Waals surface area contributed by atoms with E-state index in [1.54, 1.807) is 11.8 Å². The Labute approximate surface area is 200 Å². The van der Waals surface area contributed by atoms with Crippen LogP contribution in [0.15, 0.2) is 35.5 Å². The minimum atomic E-state index is -4.51. The molecule has 0 aromatic heterocycles. The second kappa shape index (κ2) is 10.5. The van der Waals surface area contributed by atoms with Crippen LogP contribution in [0.4, 0.5) is 13.2 Å². The summed E-state index contributed by atoms with van der Waals surface area (Å²) in [5.74, 6) is -2.96. The molecule has 1 fully saturated rings. The smallest absolute Gasteiger partial charge is 0.416 e. The molecular formula is C24H28F3N3O5. The van der Waals surface area contributed by atoms with Crippen LogP contribution in [-0.2, 0) is 30.1 Å². The molecule has 1 aromatic rings. The number of alkyl halides is 3. The highest BCUT2D eigenvalue weighted by Gasteiger charge is 2.39. The molecule has 1 atom stereocenters. The van der Waals surface area contributed by atoms with Gasteiger partial charge in [-0.05, 0) is 44.4 Å². The Morgan fingerprint density at radius 2 is 1.71 bits per heavy atom. The van der Waals surface area contributed by atoms with Crippen LogP contribution in [0, 0.1) is 5.92 Å². The van der Waals surface area contributed by atoms with E-state index in [1.165, 1.54) is 24.0 Å². The first-order chi connectivity index (χ1) is 16.4. The fraction of sp³-hybridized carbons (Fsp3) is 0.500. The topological polar surface area (TPSA) is 110 Å². The monoisotopic (exact) mass is 495 g/mol. The van der Waals surface area contributed by atoms with E-state index in [1.807, 2.05) is 0 Å². The van der Waals surface area contributed by atoms with Gasteiger partial charge in [0.2, 0.25) is 17.7 Å². The molecule has 1 aromatic carbocycles. The Kier molecular flexibility index (Phi) is 7.86. The lowest BCUT2D eigenvalue weighted by molar-refractivity contribution is -0.143. The number of esters is 1. The number of allylic oxidation sites excluding steroid dienone is 1. The van der Waals surface area contributed by atoms with Gasteiger partial charge in [0, 0.05) is 37.0 Å². The van der Waals surface area contributed by atoms with Crippen LogP contribution in [0.1, 0.15) is 50.2 Å². The van der Waals surface area contributed by atoms with Gasteiger partial charge in [-0.1, -0.05) is 12.1 Å². The van der Waals surface area contributed by atoms with Crippen molar-refractivity contribution in [1.29, 1.82) is 0 Å². The normalized spacial score (nSPS) is 19.7. The number of nitrogens with zero attached hydrogens (tertiary/aromatic N) is 2. The van der Waals surface area contributed by atoms with Gasteiger partial charge in [0.1, 0.15) is 6.54 Å². The van der Waals surface area contributed by atoms with Gasteiger partial charge in [-0.2, -0.15) is 13.2 Å². The number of nitrogens with two attached hydrogens (primary N) is 1. The van der Waals surface area contributed by atoms with Crippen LogP contribution in [-0.4, -0.2) is 59.7 Å². The number of primary amides is 1. The summed E-state index contributed by atoms with van der Waals surface area (Å²) in [4.78, 5) is 52.9. The Morgan fingerprint density at radius 1 is 1.11 bits per heavy atom. The number of likely N-dealkylation sites (tertiary alicyclic amines) is 1. The quantitative estimate of drug-likeness (QED) is 0.610. The molecule has 2 aliphatic rings. The van der Waals surface area contributed by atoms with Gasteiger partial charge < -0.3 is 20.3 Å². The van der Waals surface area contributed by atoms with Crippen molar-refractivity contribution in [3.8, 4) is 0 Å². The van der Waals surface area contributed by atoms with Gasteiger partial charge in [-0.3, -0.25) is 14.4 Å². The summed E-state index contributed by atoms with van der Waals surface area (Å²) in [5, 5.41) is 0. The molecule has 8 nitrogen and oxygen atoms in total. The number of carbonyl (C=O) groups excluding carboxylic acids is 4. The van der Waals surface area contributed by atoms with Crippen molar-refractivity contribution < 1.29 is 37.1 Å². The van der Waals surface area contributed by atoms with Gasteiger partial charge in [-0.15, -0.1) is 0 Å². The highest BCUT2D eigenvalue weighted by Crippen LogP contribution is 2.38. The molecule has 11 heteroatoms. The number of benzene rings is 1. The number of halogens is 3. The zero-order valence-electron chi connectivity index (χ0n) is 19.6. The minimum Gasteiger partial charge on any atom is -0.463 e. The molecule has 0 aliphatic carbocycles. The number of ether oxygens (including phenoxy) is 1. The van der Waals surface area contributed by atoms with Crippen LogP contribution in [0.25, 0.3) is 0 Å². The van der Waals surface area contributed by atoms with Crippen molar-refractivity contribution in [3.05, 3.63) is 46.7 Å². The van der Waals surface area contributed by atoms with Gasteiger partial charge in [0.25, 0.3) is 0 Å². The minimum absolute atomic E-state index is 0.0665. The Hall–Kier alpha value is -3.37. The SMILES string of the molecule is CCOC(=O)C1=C(C)N(CC(=O)N2CCC(C(N)=O)CC2)C(=O)CC1c1ccc(C(F)(F)F)cc1. The molecule has 0 saturated carbocycles. The van der Waals surface area contributed by atoms with Crippen LogP contribution >= 0.6 is 0 Å². The van der Waals surface area contributed by atoms with E-state index in [0.717, 1.165) is 12.1 Å². The second-order valence-corrected chi connectivity index (χ2v) is 8.63. The van der Waals surface area contributed by atoms with Crippen molar-refractivity contribution in [2.75, 3.05) is 26.2 Å². The molecule has 0 radical (unpaired) electrons. The highest BCUT2D eigenvalue weighted by molar-refractivity contribution is 5.97.